The molecule has 1 unspecified atom stereocenters. The van der Waals surface area contributed by atoms with Crippen molar-refractivity contribution in [2.24, 2.45) is 0 Å². The number of benzene rings is 2. The maximum absolute atomic E-state index is 12.2. The average Bonchev–Trinajstić information content (AvgIpc) is 2.49. The van der Waals surface area contributed by atoms with E-state index in [4.69, 9.17) is 14.2 Å². The van der Waals surface area contributed by atoms with Crippen molar-refractivity contribution >= 4 is 10.1 Å². The van der Waals surface area contributed by atoms with Gasteiger partial charge in [0.1, 0.15) is 10.6 Å². The van der Waals surface area contributed by atoms with Crippen LogP contribution in [-0.2, 0) is 14.9 Å². The van der Waals surface area contributed by atoms with Crippen LogP contribution in [0.5, 0.6) is 5.75 Å². The molecule has 0 fully saturated rings. The third-order valence-electron chi connectivity index (χ3n) is 3.03. The topological polar surface area (TPSA) is 76.4 Å². The smallest absolute Gasteiger partial charge is 0.339 e. The summed E-state index contributed by atoms with van der Waals surface area (Å²) in [5.74, 6) is 0.135. The van der Waals surface area contributed by atoms with E-state index in [9.17, 15) is 8.42 Å². The van der Waals surface area contributed by atoms with Crippen molar-refractivity contribution in [3.63, 3.8) is 0 Å². The number of hydrogen-bond acceptors (Lipinski definition) is 5. The molecule has 0 aliphatic rings. The summed E-state index contributed by atoms with van der Waals surface area (Å²) in [4.78, 5) is 0.0760. The average molecular weight is 317 g/mol. The zero-order chi connectivity index (χ0) is 16.2. The third kappa shape index (κ3) is 3.64. The molecule has 0 bridgehead atoms. The zero-order valence-corrected chi connectivity index (χ0v) is 13.0. The number of nitrogens with zero attached hydrogens (tertiary/aromatic N) is 1. The van der Waals surface area contributed by atoms with E-state index in [-0.39, 0.29) is 10.6 Å². The summed E-state index contributed by atoms with van der Waals surface area (Å²) in [6.45, 7) is 1.87. The molecule has 2 aromatic carbocycles. The molecule has 114 valence electrons. The van der Waals surface area contributed by atoms with E-state index < -0.39 is 16.2 Å². The van der Waals surface area contributed by atoms with E-state index in [1.807, 2.05) is 13.0 Å². The van der Waals surface area contributed by atoms with Crippen LogP contribution >= 0.6 is 0 Å². The molecule has 0 saturated heterocycles. The number of aryl methyl sites for hydroxylation is 1. The molecule has 2 rings (SSSR count). The molecular weight excluding hydrogens is 302 g/mol. The molecule has 0 amide bonds. The Hall–Kier alpha value is -2.36. The van der Waals surface area contributed by atoms with Gasteiger partial charge >= 0.3 is 10.1 Å². The first-order valence-electron chi connectivity index (χ1n) is 6.50. The Bertz CT molecular complexity index is 792. The lowest BCUT2D eigenvalue weighted by Crippen LogP contribution is -2.10. The summed E-state index contributed by atoms with van der Waals surface area (Å²) in [6, 6.07) is 14.6. The lowest BCUT2D eigenvalue weighted by molar-refractivity contribution is 0.148. The van der Waals surface area contributed by atoms with Crippen LogP contribution in [0.2, 0.25) is 0 Å². The van der Waals surface area contributed by atoms with Crippen LogP contribution in [0, 0.1) is 18.3 Å². The van der Waals surface area contributed by atoms with Gasteiger partial charge in [0.2, 0.25) is 0 Å². The molecule has 2 aromatic rings. The molecule has 0 radical (unpaired) electrons. The summed E-state index contributed by atoms with van der Waals surface area (Å²) >= 11 is 0. The van der Waals surface area contributed by atoms with Crippen LogP contribution in [0.1, 0.15) is 17.2 Å². The van der Waals surface area contributed by atoms with Crippen LogP contribution in [0.15, 0.2) is 53.4 Å². The SMILES string of the molecule is COC(C#N)c1cccc(OS(=O)(=O)c2ccc(C)cc2)c1. The largest absolute Gasteiger partial charge is 0.379 e. The van der Waals surface area contributed by atoms with Crippen molar-refractivity contribution < 1.29 is 17.3 Å². The molecule has 0 saturated carbocycles. The predicted octanol–water partition coefficient (Wildman–Crippen LogP) is 2.97. The molecule has 1 atom stereocenters. The second-order valence-electron chi connectivity index (χ2n) is 4.67. The predicted molar refractivity (Wildman–Crippen MR) is 80.8 cm³/mol. The van der Waals surface area contributed by atoms with Gasteiger partial charge in [-0.3, -0.25) is 0 Å². The maximum atomic E-state index is 12.2. The van der Waals surface area contributed by atoms with Crippen molar-refractivity contribution in [1.29, 1.82) is 5.26 Å². The quantitative estimate of drug-likeness (QED) is 0.792. The van der Waals surface area contributed by atoms with E-state index in [0.717, 1.165) is 5.56 Å². The summed E-state index contributed by atoms with van der Waals surface area (Å²) < 4.78 is 34.5. The second kappa shape index (κ2) is 6.60. The Morgan fingerprint density at radius 3 is 2.41 bits per heavy atom. The number of hydrogen-bond donors (Lipinski definition) is 0. The maximum Gasteiger partial charge on any atom is 0.339 e. The van der Waals surface area contributed by atoms with Crippen molar-refractivity contribution in [1.82, 2.24) is 0 Å². The Balaban J connectivity index is 2.28. The minimum atomic E-state index is -3.91. The summed E-state index contributed by atoms with van der Waals surface area (Å²) in [6.07, 6.45) is -0.773. The minimum absolute atomic E-state index is 0.0760. The first-order chi connectivity index (χ1) is 10.5. The molecule has 0 heterocycles. The molecule has 0 N–H and O–H groups in total. The van der Waals surface area contributed by atoms with Gasteiger partial charge in [-0.05, 0) is 36.8 Å². The van der Waals surface area contributed by atoms with Crippen LogP contribution in [0.25, 0.3) is 0 Å². The Morgan fingerprint density at radius 2 is 1.82 bits per heavy atom. The standard InChI is InChI=1S/C16H15NO4S/c1-12-6-8-15(9-7-12)22(18,19)21-14-5-3-4-13(10-14)16(11-17)20-2/h3-10,16H,1-2H3. The van der Waals surface area contributed by atoms with Gasteiger partial charge in [0.05, 0.1) is 6.07 Å². The molecular formula is C16H15NO4S. The highest BCUT2D eigenvalue weighted by Gasteiger charge is 2.17. The summed E-state index contributed by atoms with van der Waals surface area (Å²) in [7, 11) is -2.50. The molecule has 0 aliphatic heterocycles. The van der Waals surface area contributed by atoms with E-state index in [0.29, 0.717) is 5.56 Å². The number of rotatable bonds is 5. The van der Waals surface area contributed by atoms with Gasteiger partial charge in [0, 0.05) is 7.11 Å². The van der Waals surface area contributed by atoms with E-state index in [1.165, 1.54) is 31.4 Å². The summed E-state index contributed by atoms with van der Waals surface area (Å²) in [5.41, 5.74) is 1.49. The normalized spacial score (nSPS) is 12.4. The number of ether oxygens (including phenoxy) is 1. The fraction of sp³-hybridized carbons (Fsp3) is 0.188. The van der Waals surface area contributed by atoms with E-state index in [1.54, 1.807) is 24.3 Å². The lowest BCUT2D eigenvalue weighted by atomic mass is 10.1. The van der Waals surface area contributed by atoms with Crippen LogP contribution < -0.4 is 4.18 Å². The fourth-order valence-corrected chi connectivity index (χ4v) is 2.80. The molecule has 22 heavy (non-hydrogen) atoms. The fourth-order valence-electron chi connectivity index (χ4n) is 1.87. The Kier molecular flexibility index (Phi) is 4.81. The molecule has 0 spiro atoms. The molecule has 0 aromatic heterocycles. The Labute approximate surface area is 129 Å². The highest BCUT2D eigenvalue weighted by Crippen LogP contribution is 2.24. The van der Waals surface area contributed by atoms with Gasteiger partial charge in [-0.2, -0.15) is 13.7 Å². The highest BCUT2D eigenvalue weighted by atomic mass is 32.2. The number of nitriles is 1. The van der Waals surface area contributed by atoms with Crippen LogP contribution in [0.4, 0.5) is 0 Å². The van der Waals surface area contributed by atoms with E-state index >= 15 is 0 Å². The van der Waals surface area contributed by atoms with Gasteiger partial charge in [-0.15, -0.1) is 0 Å². The summed E-state index contributed by atoms with van der Waals surface area (Å²) in [5, 5.41) is 8.97. The van der Waals surface area contributed by atoms with Gasteiger partial charge in [-0.1, -0.05) is 29.8 Å². The van der Waals surface area contributed by atoms with Gasteiger partial charge in [0.15, 0.2) is 6.10 Å². The Morgan fingerprint density at radius 1 is 1.14 bits per heavy atom. The zero-order valence-electron chi connectivity index (χ0n) is 12.2. The van der Waals surface area contributed by atoms with Gasteiger partial charge < -0.3 is 8.92 Å². The molecule has 5 nitrogen and oxygen atoms in total. The first-order valence-corrected chi connectivity index (χ1v) is 7.90. The van der Waals surface area contributed by atoms with Crippen molar-refractivity contribution in [2.75, 3.05) is 7.11 Å². The molecule has 6 heteroatoms. The highest BCUT2D eigenvalue weighted by molar-refractivity contribution is 7.87. The third-order valence-corrected chi connectivity index (χ3v) is 4.29. The van der Waals surface area contributed by atoms with Crippen LogP contribution in [-0.4, -0.2) is 15.5 Å². The number of methoxy groups -OCH3 is 1. The van der Waals surface area contributed by atoms with Crippen molar-refractivity contribution in [3.05, 3.63) is 59.7 Å². The van der Waals surface area contributed by atoms with Crippen molar-refractivity contribution in [2.45, 2.75) is 17.9 Å². The molecule has 0 aliphatic carbocycles. The second-order valence-corrected chi connectivity index (χ2v) is 6.21. The van der Waals surface area contributed by atoms with Gasteiger partial charge in [-0.25, -0.2) is 0 Å². The van der Waals surface area contributed by atoms with Crippen LogP contribution in [0.3, 0.4) is 0 Å². The van der Waals surface area contributed by atoms with E-state index in [2.05, 4.69) is 0 Å². The van der Waals surface area contributed by atoms with Gasteiger partial charge in [0.25, 0.3) is 0 Å². The monoisotopic (exact) mass is 317 g/mol. The minimum Gasteiger partial charge on any atom is -0.379 e. The van der Waals surface area contributed by atoms with Crippen molar-refractivity contribution in [3.8, 4) is 11.8 Å². The first kappa shape index (κ1) is 16.0. The lowest BCUT2D eigenvalue weighted by Gasteiger charge is -2.11.